The maximum atomic E-state index is 5.23. The number of rotatable bonds is 2. The molecule has 1 saturated heterocycles. The molecular weight excluding hydrogens is 242 g/mol. The van der Waals surface area contributed by atoms with Crippen molar-refractivity contribution in [1.82, 2.24) is 14.9 Å². The number of piperazine rings is 1. The van der Waals surface area contributed by atoms with Crippen LogP contribution in [0, 0.1) is 0 Å². The lowest BCUT2D eigenvalue weighted by Crippen LogP contribution is -2.45. The Balaban J connectivity index is 1.94. The van der Waals surface area contributed by atoms with E-state index in [1.165, 1.54) is 5.56 Å². The second kappa shape index (κ2) is 5.21. The monoisotopic (exact) mass is 263 g/mol. The molecule has 0 saturated carbocycles. The topological polar surface area (TPSA) is 53.5 Å². The first-order valence-electron chi connectivity index (χ1n) is 6.90. The fourth-order valence-electron chi connectivity index (χ4n) is 2.67. The maximum Gasteiger partial charge on any atom is 0.320 e. The highest BCUT2D eigenvalue weighted by Crippen LogP contribution is 2.31. The first-order valence-corrected chi connectivity index (χ1v) is 6.90. The molecule has 6 nitrogen and oxygen atoms in total. The van der Waals surface area contributed by atoms with E-state index in [0.717, 1.165) is 57.2 Å². The number of anilines is 2. The number of nitrogens with zero attached hydrogens (tertiary/aromatic N) is 4. The van der Waals surface area contributed by atoms with E-state index < -0.39 is 0 Å². The molecular formula is C13H21N5O. The lowest BCUT2D eigenvalue weighted by Gasteiger charge is -2.35. The molecule has 0 atom stereocenters. The summed E-state index contributed by atoms with van der Waals surface area (Å²) in [6.45, 7) is 5.17. The summed E-state index contributed by atoms with van der Waals surface area (Å²) < 4.78 is 5.23. The lowest BCUT2D eigenvalue weighted by molar-refractivity contribution is 0.310. The fraction of sp³-hybridized carbons (Fsp3) is 0.692. The minimum atomic E-state index is 0.460. The Morgan fingerprint density at radius 1 is 1.16 bits per heavy atom. The van der Waals surface area contributed by atoms with Crippen LogP contribution < -0.4 is 15.0 Å². The second-order valence-electron chi connectivity index (χ2n) is 5.18. The third-order valence-corrected chi connectivity index (χ3v) is 3.85. The Bertz CT molecular complexity index is 457. The van der Waals surface area contributed by atoms with Crippen molar-refractivity contribution in [2.45, 2.75) is 12.8 Å². The zero-order valence-corrected chi connectivity index (χ0v) is 11.6. The molecule has 2 aliphatic heterocycles. The van der Waals surface area contributed by atoms with Crippen LogP contribution in [0.4, 0.5) is 11.6 Å². The third kappa shape index (κ3) is 2.45. The molecule has 6 heteroatoms. The van der Waals surface area contributed by atoms with Crippen LogP contribution in [-0.2, 0) is 6.42 Å². The van der Waals surface area contributed by atoms with Crippen LogP contribution in [0.3, 0.4) is 0 Å². The molecule has 0 spiro atoms. The summed E-state index contributed by atoms with van der Waals surface area (Å²) in [5.74, 6) is 2.01. The highest BCUT2D eigenvalue weighted by atomic mass is 16.5. The predicted octanol–water partition coefficient (Wildman–Crippen LogP) is 0.595. The Morgan fingerprint density at radius 2 is 1.95 bits per heavy atom. The van der Waals surface area contributed by atoms with Gasteiger partial charge in [-0.3, -0.25) is 0 Å². The van der Waals surface area contributed by atoms with Crippen LogP contribution in [0.5, 0.6) is 6.01 Å². The van der Waals surface area contributed by atoms with Gasteiger partial charge in [0, 0.05) is 38.3 Å². The van der Waals surface area contributed by atoms with Crippen molar-refractivity contribution in [1.29, 1.82) is 0 Å². The molecule has 1 fully saturated rings. The van der Waals surface area contributed by atoms with Crippen molar-refractivity contribution in [3.8, 4) is 6.01 Å². The number of aromatic nitrogens is 2. The number of fused-ring (bicyclic) bond motifs is 1. The van der Waals surface area contributed by atoms with Crippen LogP contribution in [0.1, 0.15) is 12.0 Å². The molecule has 2 aliphatic rings. The highest BCUT2D eigenvalue weighted by Gasteiger charge is 2.24. The fourth-order valence-corrected chi connectivity index (χ4v) is 2.67. The van der Waals surface area contributed by atoms with Gasteiger partial charge in [-0.05, 0) is 19.9 Å². The Morgan fingerprint density at radius 3 is 2.68 bits per heavy atom. The smallest absolute Gasteiger partial charge is 0.320 e. The van der Waals surface area contributed by atoms with Gasteiger partial charge in [0.25, 0.3) is 0 Å². The number of hydrogen-bond acceptors (Lipinski definition) is 6. The molecule has 3 rings (SSSR count). The zero-order valence-electron chi connectivity index (χ0n) is 11.6. The summed E-state index contributed by atoms with van der Waals surface area (Å²) in [4.78, 5) is 13.7. The SMILES string of the molecule is COc1nc2c(c(N3CCN(C)CC3)n1)CCCN2. The summed E-state index contributed by atoms with van der Waals surface area (Å²) in [5.41, 5.74) is 1.25. The summed E-state index contributed by atoms with van der Waals surface area (Å²) >= 11 is 0. The predicted molar refractivity (Wildman–Crippen MR) is 75.1 cm³/mol. The minimum Gasteiger partial charge on any atom is -0.467 e. The van der Waals surface area contributed by atoms with E-state index in [1.54, 1.807) is 7.11 Å². The Labute approximate surface area is 113 Å². The summed E-state index contributed by atoms with van der Waals surface area (Å²) in [6, 6.07) is 0.460. The Kier molecular flexibility index (Phi) is 3.42. The summed E-state index contributed by atoms with van der Waals surface area (Å²) in [7, 11) is 3.78. The van der Waals surface area contributed by atoms with Crippen molar-refractivity contribution in [2.75, 3.05) is 57.1 Å². The van der Waals surface area contributed by atoms with Crippen LogP contribution in [0.2, 0.25) is 0 Å². The van der Waals surface area contributed by atoms with Crippen molar-refractivity contribution in [2.24, 2.45) is 0 Å². The molecule has 3 heterocycles. The first kappa shape index (κ1) is 12.5. The standard InChI is InChI=1S/C13H21N5O/c1-17-6-8-18(9-7-17)12-10-4-3-5-14-11(10)15-13(16-12)19-2/h3-9H2,1-2H3,(H,14,15,16). The van der Waals surface area contributed by atoms with Gasteiger partial charge in [-0.15, -0.1) is 0 Å². The van der Waals surface area contributed by atoms with Crippen molar-refractivity contribution >= 4 is 11.6 Å². The lowest BCUT2D eigenvalue weighted by atomic mass is 10.1. The molecule has 104 valence electrons. The normalized spacial score (nSPS) is 19.8. The van der Waals surface area contributed by atoms with Gasteiger partial charge >= 0.3 is 6.01 Å². The van der Waals surface area contributed by atoms with Gasteiger partial charge < -0.3 is 19.9 Å². The van der Waals surface area contributed by atoms with Gasteiger partial charge in [-0.1, -0.05) is 0 Å². The molecule has 0 aromatic carbocycles. The average molecular weight is 263 g/mol. The minimum absolute atomic E-state index is 0.460. The van der Waals surface area contributed by atoms with Gasteiger partial charge in [0.15, 0.2) is 0 Å². The van der Waals surface area contributed by atoms with Gasteiger partial charge in [0.2, 0.25) is 0 Å². The van der Waals surface area contributed by atoms with E-state index in [1.807, 2.05) is 0 Å². The third-order valence-electron chi connectivity index (χ3n) is 3.85. The highest BCUT2D eigenvalue weighted by molar-refractivity contribution is 5.61. The van der Waals surface area contributed by atoms with E-state index in [-0.39, 0.29) is 0 Å². The van der Waals surface area contributed by atoms with Gasteiger partial charge in [0.1, 0.15) is 11.6 Å². The van der Waals surface area contributed by atoms with Crippen molar-refractivity contribution in [3.63, 3.8) is 0 Å². The molecule has 0 aliphatic carbocycles. The first-order chi connectivity index (χ1) is 9.28. The number of methoxy groups -OCH3 is 1. The molecule has 0 unspecified atom stereocenters. The van der Waals surface area contributed by atoms with Crippen molar-refractivity contribution < 1.29 is 4.74 Å². The van der Waals surface area contributed by atoms with Crippen LogP contribution in [-0.4, -0.2) is 61.7 Å². The number of hydrogen-bond donors (Lipinski definition) is 1. The number of ether oxygens (including phenoxy) is 1. The van der Waals surface area contributed by atoms with E-state index in [9.17, 15) is 0 Å². The maximum absolute atomic E-state index is 5.23. The van der Waals surface area contributed by atoms with E-state index >= 15 is 0 Å². The molecule has 1 aromatic rings. The largest absolute Gasteiger partial charge is 0.467 e. The van der Waals surface area contributed by atoms with E-state index in [2.05, 4.69) is 32.1 Å². The molecule has 0 amide bonds. The number of likely N-dealkylation sites (N-methyl/N-ethyl adjacent to an activating group) is 1. The molecule has 19 heavy (non-hydrogen) atoms. The van der Waals surface area contributed by atoms with Crippen LogP contribution in [0.15, 0.2) is 0 Å². The second-order valence-corrected chi connectivity index (χ2v) is 5.18. The Hall–Kier alpha value is -1.56. The quantitative estimate of drug-likeness (QED) is 0.843. The molecule has 1 aromatic heterocycles. The zero-order chi connectivity index (χ0) is 13.2. The van der Waals surface area contributed by atoms with Crippen LogP contribution in [0.25, 0.3) is 0 Å². The average Bonchev–Trinajstić information content (AvgIpc) is 2.47. The van der Waals surface area contributed by atoms with Gasteiger partial charge in [0.05, 0.1) is 7.11 Å². The van der Waals surface area contributed by atoms with E-state index in [0.29, 0.717) is 6.01 Å². The summed E-state index contributed by atoms with van der Waals surface area (Å²) in [6.07, 6.45) is 2.19. The van der Waals surface area contributed by atoms with Gasteiger partial charge in [-0.25, -0.2) is 0 Å². The summed E-state index contributed by atoms with van der Waals surface area (Å²) in [5, 5.41) is 3.36. The van der Waals surface area contributed by atoms with E-state index in [4.69, 9.17) is 4.74 Å². The van der Waals surface area contributed by atoms with Gasteiger partial charge in [-0.2, -0.15) is 9.97 Å². The van der Waals surface area contributed by atoms with Crippen LogP contribution >= 0.6 is 0 Å². The molecule has 0 radical (unpaired) electrons. The van der Waals surface area contributed by atoms with Crippen molar-refractivity contribution in [3.05, 3.63) is 5.56 Å². The molecule has 1 N–H and O–H groups in total. The molecule has 0 bridgehead atoms. The number of nitrogens with one attached hydrogen (secondary N) is 1.